The summed E-state index contributed by atoms with van der Waals surface area (Å²) < 4.78 is 5.54. The zero-order valence-corrected chi connectivity index (χ0v) is 17.4. The van der Waals surface area contributed by atoms with E-state index in [4.69, 9.17) is 16.3 Å². The van der Waals surface area contributed by atoms with Crippen molar-refractivity contribution in [2.45, 2.75) is 19.3 Å². The van der Waals surface area contributed by atoms with Gasteiger partial charge in [-0.05, 0) is 62.0 Å². The van der Waals surface area contributed by atoms with Crippen molar-refractivity contribution in [1.29, 1.82) is 0 Å². The number of amides is 2. The fraction of sp³-hybridized carbons (Fsp3) is 0.600. The molecule has 0 bridgehead atoms. The highest BCUT2D eigenvalue weighted by Gasteiger charge is 2.58. The van der Waals surface area contributed by atoms with Crippen LogP contribution in [0.25, 0.3) is 0 Å². The van der Waals surface area contributed by atoms with E-state index in [-0.39, 0.29) is 36.3 Å². The summed E-state index contributed by atoms with van der Waals surface area (Å²) in [7, 11) is 0. The summed E-state index contributed by atoms with van der Waals surface area (Å²) in [4.78, 5) is 28.9. The molecule has 4 rings (SSSR count). The van der Waals surface area contributed by atoms with Gasteiger partial charge in [-0.2, -0.15) is 0 Å². The number of carbonyl (C=O) groups is 2. The van der Waals surface area contributed by atoms with E-state index in [9.17, 15) is 9.59 Å². The first-order valence-electron chi connectivity index (χ1n) is 9.73. The largest absolute Gasteiger partial charge is 0.484 e. The number of nitrogens with zero attached hydrogens (tertiary/aromatic N) is 2. The summed E-state index contributed by atoms with van der Waals surface area (Å²) in [6, 6.07) is 6.97. The van der Waals surface area contributed by atoms with Gasteiger partial charge in [0.15, 0.2) is 6.61 Å². The van der Waals surface area contributed by atoms with Gasteiger partial charge in [0.2, 0.25) is 5.91 Å². The Morgan fingerprint density at radius 1 is 1.07 bits per heavy atom. The molecule has 1 unspecified atom stereocenters. The smallest absolute Gasteiger partial charge is 0.260 e. The number of carbonyl (C=O) groups excluding carboxylic acids is 2. The first kappa shape index (κ1) is 21.2. The first-order valence-corrected chi connectivity index (χ1v) is 10.1. The van der Waals surface area contributed by atoms with E-state index in [1.165, 1.54) is 0 Å². The Hall–Kier alpha value is -1.50. The monoisotopic (exact) mass is 427 g/mol. The highest BCUT2D eigenvalue weighted by Crippen LogP contribution is 2.59. The van der Waals surface area contributed by atoms with E-state index < -0.39 is 0 Å². The van der Waals surface area contributed by atoms with Crippen LogP contribution in [-0.4, -0.2) is 67.5 Å². The average molecular weight is 428 g/mol. The van der Waals surface area contributed by atoms with Crippen LogP contribution in [0.3, 0.4) is 0 Å². The molecule has 1 spiro atoms. The van der Waals surface area contributed by atoms with Crippen molar-refractivity contribution in [3.05, 3.63) is 29.3 Å². The second kappa shape index (κ2) is 8.89. The topological polar surface area (TPSA) is 61.9 Å². The Kier molecular flexibility index (Phi) is 6.73. The second-order valence-corrected chi connectivity index (χ2v) is 8.25. The lowest BCUT2D eigenvalue weighted by atomic mass is 9.91. The quantitative estimate of drug-likeness (QED) is 0.799. The third-order valence-corrected chi connectivity index (χ3v) is 6.46. The molecule has 2 heterocycles. The van der Waals surface area contributed by atoms with Gasteiger partial charge in [0.25, 0.3) is 5.91 Å². The van der Waals surface area contributed by atoms with Gasteiger partial charge in [-0.1, -0.05) is 11.6 Å². The van der Waals surface area contributed by atoms with Gasteiger partial charge in [-0.15, -0.1) is 12.4 Å². The lowest BCUT2D eigenvalue weighted by Crippen LogP contribution is -2.52. The highest BCUT2D eigenvalue weighted by atomic mass is 35.5. The third kappa shape index (κ3) is 4.56. The molecule has 1 atom stereocenters. The summed E-state index contributed by atoms with van der Waals surface area (Å²) in [5.41, 5.74) is 0.266. The van der Waals surface area contributed by atoms with E-state index in [0.29, 0.717) is 42.9 Å². The summed E-state index contributed by atoms with van der Waals surface area (Å²) in [5.74, 6) is 1.08. The Balaban J connectivity index is 0.00000225. The molecule has 1 aromatic carbocycles. The van der Waals surface area contributed by atoms with Gasteiger partial charge in [-0.25, -0.2) is 0 Å². The number of hydrogen-bond donors (Lipinski definition) is 1. The van der Waals surface area contributed by atoms with Crippen LogP contribution in [0.1, 0.15) is 19.3 Å². The second-order valence-electron chi connectivity index (χ2n) is 7.82. The van der Waals surface area contributed by atoms with Crippen molar-refractivity contribution < 1.29 is 14.3 Å². The van der Waals surface area contributed by atoms with E-state index in [2.05, 4.69) is 5.32 Å². The van der Waals surface area contributed by atoms with Crippen LogP contribution in [-0.2, 0) is 9.59 Å². The van der Waals surface area contributed by atoms with Crippen LogP contribution >= 0.6 is 24.0 Å². The SMILES string of the molecule is Cl.O=C(COc1ccc(Cl)cc1)N1CCN(C(=O)C2CC23CCNCC3)CC1. The van der Waals surface area contributed by atoms with Crippen molar-refractivity contribution in [3.8, 4) is 5.75 Å². The van der Waals surface area contributed by atoms with Crippen molar-refractivity contribution in [2.24, 2.45) is 11.3 Å². The molecular formula is C20H27Cl2N3O3. The summed E-state index contributed by atoms with van der Waals surface area (Å²) in [5, 5.41) is 4.01. The molecule has 0 radical (unpaired) electrons. The van der Waals surface area contributed by atoms with Crippen LogP contribution in [0.2, 0.25) is 5.02 Å². The van der Waals surface area contributed by atoms with Gasteiger partial charge in [0.1, 0.15) is 5.75 Å². The summed E-state index contributed by atoms with van der Waals surface area (Å²) >= 11 is 5.84. The molecule has 1 aromatic rings. The zero-order chi connectivity index (χ0) is 18.9. The number of rotatable bonds is 4. The Morgan fingerprint density at radius 2 is 1.68 bits per heavy atom. The minimum atomic E-state index is -0.0432. The number of piperidine rings is 1. The van der Waals surface area contributed by atoms with E-state index in [1.54, 1.807) is 29.2 Å². The lowest BCUT2D eigenvalue weighted by Gasteiger charge is -2.35. The summed E-state index contributed by atoms with van der Waals surface area (Å²) in [6.45, 7) is 4.46. The maximum absolute atomic E-state index is 12.8. The molecule has 3 fully saturated rings. The molecule has 8 heteroatoms. The Morgan fingerprint density at radius 3 is 2.32 bits per heavy atom. The first-order chi connectivity index (χ1) is 13.1. The molecule has 2 amide bonds. The average Bonchev–Trinajstić information content (AvgIpc) is 3.40. The molecule has 1 N–H and O–H groups in total. The number of ether oxygens (including phenoxy) is 1. The number of halogens is 2. The fourth-order valence-corrected chi connectivity index (χ4v) is 4.46. The minimum Gasteiger partial charge on any atom is -0.484 e. The highest BCUT2D eigenvalue weighted by molar-refractivity contribution is 6.30. The molecule has 28 heavy (non-hydrogen) atoms. The summed E-state index contributed by atoms with van der Waals surface area (Å²) in [6.07, 6.45) is 3.27. The van der Waals surface area contributed by atoms with Crippen molar-refractivity contribution >= 4 is 35.8 Å². The normalized spacial score (nSPS) is 23.1. The van der Waals surface area contributed by atoms with E-state index >= 15 is 0 Å². The van der Waals surface area contributed by atoms with Crippen LogP contribution in [0.4, 0.5) is 0 Å². The predicted molar refractivity (Wildman–Crippen MR) is 110 cm³/mol. The predicted octanol–water partition coefficient (Wildman–Crippen LogP) is 2.20. The van der Waals surface area contributed by atoms with Crippen molar-refractivity contribution in [3.63, 3.8) is 0 Å². The number of hydrogen-bond acceptors (Lipinski definition) is 4. The number of benzene rings is 1. The molecule has 1 aliphatic carbocycles. The number of piperazine rings is 1. The molecule has 3 aliphatic rings. The fourth-order valence-electron chi connectivity index (χ4n) is 4.34. The van der Waals surface area contributed by atoms with Gasteiger partial charge in [0, 0.05) is 37.1 Å². The maximum Gasteiger partial charge on any atom is 0.260 e. The van der Waals surface area contributed by atoms with Crippen LogP contribution in [0.15, 0.2) is 24.3 Å². The standard InChI is InChI=1S/C20H26ClN3O3.ClH/c21-15-1-3-16(4-2-15)27-14-18(25)23-9-11-24(12-10-23)19(26)17-13-20(17)5-7-22-8-6-20;/h1-4,17,22H,5-14H2;1H. The zero-order valence-electron chi connectivity index (χ0n) is 15.9. The van der Waals surface area contributed by atoms with Gasteiger partial charge < -0.3 is 19.9 Å². The lowest BCUT2D eigenvalue weighted by molar-refractivity contribution is -0.142. The molecule has 0 aromatic heterocycles. The van der Waals surface area contributed by atoms with Gasteiger partial charge in [-0.3, -0.25) is 9.59 Å². The van der Waals surface area contributed by atoms with E-state index in [0.717, 1.165) is 32.4 Å². The van der Waals surface area contributed by atoms with Gasteiger partial charge in [0.05, 0.1) is 0 Å². The van der Waals surface area contributed by atoms with Crippen molar-refractivity contribution in [2.75, 3.05) is 45.9 Å². The van der Waals surface area contributed by atoms with Crippen LogP contribution < -0.4 is 10.1 Å². The third-order valence-electron chi connectivity index (χ3n) is 6.21. The molecule has 154 valence electrons. The van der Waals surface area contributed by atoms with Crippen LogP contribution in [0.5, 0.6) is 5.75 Å². The molecule has 2 saturated heterocycles. The Bertz CT molecular complexity index is 699. The molecule has 2 aliphatic heterocycles. The number of nitrogens with one attached hydrogen (secondary N) is 1. The van der Waals surface area contributed by atoms with Crippen molar-refractivity contribution in [1.82, 2.24) is 15.1 Å². The maximum atomic E-state index is 12.8. The van der Waals surface area contributed by atoms with E-state index in [1.807, 2.05) is 4.90 Å². The molecular weight excluding hydrogens is 401 g/mol. The van der Waals surface area contributed by atoms with Crippen LogP contribution in [0, 0.1) is 11.3 Å². The Labute approximate surface area is 176 Å². The molecule has 6 nitrogen and oxygen atoms in total. The van der Waals surface area contributed by atoms with Gasteiger partial charge >= 0.3 is 0 Å². The minimum absolute atomic E-state index is 0. The molecule has 1 saturated carbocycles.